The standard InChI is InChI=1S/C22H25N3O5S/c1-15-13-25(14-16(2)29-15)31(27,28)19-10-8-18(9-11-19)23-22(26)20-12-21(30-24-20)17-6-4-3-5-7-17/h3-11,15-16,21H,12-14H2,1-2H3,(H,23,26). The molecule has 1 fully saturated rings. The van der Waals surface area contributed by atoms with E-state index in [1.165, 1.54) is 16.4 Å². The number of benzene rings is 2. The molecule has 164 valence electrons. The smallest absolute Gasteiger partial charge is 0.273 e. The van der Waals surface area contributed by atoms with Gasteiger partial charge in [0, 0.05) is 25.2 Å². The van der Waals surface area contributed by atoms with Crippen molar-refractivity contribution in [2.24, 2.45) is 5.16 Å². The molecule has 4 rings (SSSR count). The van der Waals surface area contributed by atoms with Gasteiger partial charge in [-0.25, -0.2) is 8.42 Å². The number of amides is 1. The second-order valence-electron chi connectivity index (χ2n) is 7.80. The zero-order valence-corrected chi connectivity index (χ0v) is 18.2. The van der Waals surface area contributed by atoms with Gasteiger partial charge in [0.2, 0.25) is 10.0 Å². The van der Waals surface area contributed by atoms with E-state index in [1.54, 1.807) is 12.1 Å². The summed E-state index contributed by atoms with van der Waals surface area (Å²) in [4.78, 5) is 18.1. The summed E-state index contributed by atoms with van der Waals surface area (Å²) in [7, 11) is -3.63. The lowest BCUT2D eigenvalue weighted by Gasteiger charge is -2.34. The Bertz CT molecular complexity index is 1060. The number of hydrogen-bond acceptors (Lipinski definition) is 6. The quantitative estimate of drug-likeness (QED) is 0.766. The monoisotopic (exact) mass is 443 g/mol. The van der Waals surface area contributed by atoms with E-state index in [-0.39, 0.29) is 29.1 Å². The molecule has 0 radical (unpaired) electrons. The maximum absolute atomic E-state index is 12.9. The minimum Gasteiger partial charge on any atom is -0.387 e. The van der Waals surface area contributed by atoms with Gasteiger partial charge in [-0.3, -0.25) is 4.79 Å². The number of carbonyl (C=O) groups excluding carboxylic acids is 1. The van der Waals surface area contributed by atoms with Crippen LogP contribution in [0.3, 0.4) is 0 Å². The van der Waals surface area contributed by atoms with E-state index < -0.39 is 10.0 Å². The van der Waals surface area contributed by atoms with E-state index in [9.17, 15) is 13.2 Å². The third-order valence-corrected chi connectivity index (χ3v) is 7.08. The fourth-order valence-corrected chi connectivity index (χ4v) is 5.34. The van der Waals surface area contributed by atoms with Gasteiger partial charge in [-0.05, 0) is 43.7 Å². The molecule has 3 atom stereocenters. The largest absolute Gasteiger partial charge is 0.387 e. The highest BCUT2D eigenvalue weighted by Gasteiger charge is 2.32. The van der Waals surface area contributed by atoms with Gasteiger partial charge in [0.05, 0.1) is 17.1 Å². The van der Waals surface area contributed by atoms with Crippen LogP contribution < -0.4 is 5.32 Å². The van der Waals surface area contributed by atoms with Crippen molar-refractivity contribution in [3.8, 4) is 0 Å². The fourth-order valence-electron chi connectivity index (χ4n) is 3.75. The molecule has 9 heteroatoms. The van der Waals surface area contributed by atoms with Gasteiger partial charge >= 0.3 is 0 Å². The second-order valence-corrected chi connectivity index (χ2v) is 9.74. The van der Waals surface area contributed by atoms with Gasteiger partial charge in [0.1, 0.15) is 5.71 Å². The first-order valence-corrected chi connectivity index (χ1v) is 11.6. The molecule has 3 unspecified atom stereocenters. The minimum atomic E-state index is -3.63. The molecule has 31 heavy (non-hydrogen) atoms. The van der Waals surface area contributed by atoms with Crippen molar-refractivity contribution in [3.63, 3.8) is 0 Å². The van der Waals surface area contributed by atoms with Crippen LogP contribution in [0.5, 0.6) is 0 Å². The number of oxime groups is 1. The van der Waals surface area contributed by atoms with Gasteiger partial charge in [-0.1, -0.05) is 35.5 Å². The first kappa shape index (κ1) is 21.5. The Labute approximate surface area is 181 Å². The summed E-state index contributed by atoms with van der Waals surface area (Å²) in [6.45, 7) is 4.34. The molecule has 8 nitrogen and oxygen atoms in total. The van der Waals surface area contributed by atoms with Gasteiger partial charge in [-0.2, -0.15) is 4.31 Å². The average molecular weight is 444 g/mol. The van der Waals surface area contributed by atoms with Crippen molar-refractivity contribution in [1.29, 1.82) is 0 Å². The molecule has 2 heterocycles. The molecule has 2 aromatic rings. The van der Waals surface area contributed by atoms with Crippen LogP contribution in [0.2, 0.25) is 0 Å². The number of sulfonamides is 1. The topological polar surface area (TPSA) is 97.3 Å². The molecule has 0 bridgehead atoms. The van der Waals surface area contributed by atoms with Crippen LogP contribution in [0.1, 0.15) is 31.9 Å². The number of rotatable bonds is 5. The van der Waals surface area contributed by atoms with Crippen LogP contribution in [-0.2, 0) is 24.4 Å². The molecule has 2 aromatic carbocycles. The predicted molar refractivity (Wildman–Crippen MR) is 116 cm³/mol. The first-order valence-electron chi connectivity index (χ1n) is 10.2. The zero-order chi connectivity index (χ0) is 22.0. The molecule has 0 spiro atoms. The van der Waals surface area contributed by atoms with E-state index >= 15 is 0 Å². The summed E-state index contributed by atoms with van der Waals surface area (Å²) in [6, 6.07) is 15.7. The number of carbonyl (C=O) groups is 1. The van der Waals surface area contributed by atoms with Crippen LogP contribution in [0, 0.1) is 0 Å². The third kappa shape index (κ3) is 4.79. The maximum atomic E-state index is 12.9. The number of nitrogens with zero attached hydrogens (tertiary/aromatic N) is 2. The molecular formula is C22H25N3O5S. The normalized spacial score (nSPS) is 24.3. The Morgan fingerprint density at radius 2 is 1.68 bits per heavy atom. The molecule has 0 aliphatic carbocycles. The Morgan fingerprint density at radius 1 is 1.03 bits per heavy atom. The van der Waals surface area contributed by atoms with Crippen molar-refractivity contribution < 1.29 is 22.8 Å². The summed E-state index contributed by atoms with van der Waals surface area (Å²) in [6.07, 6.45) is -0.236. The Hall–Kier alpha value is -2.75. The van der Waals surface area contributed by atoms with Gasteiger partial charge in [0.15, 0.2) is 6.10 Å². The summed E-state index contributed by atoms with van der Waals surface area (Å²) >= 11 is 0. The summed E-state index contributed by atoms with van der Waals surface area (Å²) in [5, 5.41) is 6.66. The highest BCUT2D eigenvalue weighted by atomic mass is 32.2. The average Bonchev–Trinajstić information content (AvgIpc) is 3.25. The Balaban J connectivity index is 1.39. The van der Waals surface area contributed by atoms with Crippen LogP contribution in [-0.4, -0.2) is 49.6 Å². The van der Waals surface area contributed by atoms with Crippen LogP contribution in [0.4, 0.5) is 5.69 Å². The van der Waals surface area contributed by atoms with Crippen molar-refractivity contribution in [3.05, 3.63) is 60.2 Å². The van der Waals surface area contributed by atoms with Crippen molar-refractivity contribution in [2.45, 2.75) is 43.5 Å². The minimum absolute atomic E-state index is 0.161. The number of ether oxygens (including phenoxy) is 1. The first-order chi connectivity index (χ1) is 14.8. The number of hydrogen-bond donors (Lipinski definition) is 1. The van der Waals surface area contributed by atoms with Crippen LogP contribution in [0.15, 0.2) is 64.6 Å². The molecule has 1 N–H and O–H groups in total. The van der Waals surface area contributed by atoms with Gasteiger partial charge < -0.3 is 14.9 Å². The molecule has 1 amide bonds. The maximum Gasteiger partial charge on any atom is 0.273 e. The SMILES string of the molecule is CC1CN(S(=O)(=O)c2ccc(NC(=O)C3=NOC(c4ccccc4)C3)cc2)CC(C)O1. The van der Waals surface area contributed by atoms with Gasteiger partial charge in [-0.15, -0.1) is 0 Å². The summed E-state index contributed by atoms with van der Waals surface area (Å²) in [5.41, 5.74) is 1.73. The molecule has 2 aliphatic rings. The van der Waals surface area contributed by atoms with Gasteiger partial charge in [0.25, 0.3) is 5.91 Å². The van der Waals surface area contributed by atoms with E-state index in [0.717, 1.165) is 5.56 Å². The number of anilines is 1. The second kappa shape index (κ2) is 8.78. The molecule has 0 saturated carbocycles. The van der Waals surface area contributed by atoms with Crippen LogP contribution >= 0.6 is 0 Å². The highest BCUT2D eigenvalue weighted by Crippen LogP contribution is 2.28. The fraction of sp³-hybridized carbons (Fsp3) is 0.364. The van der Waals surface area contributed by atoms with Crippen LogP contribution in [0.25, 0.3) is 0 Å². The van der Waals surface area contributed by atoms with E-state index in [4.69, 9.17) is 9.57 Å². The zero-order valence-electron chi connectivity index (χ0n) is 17.4. The van der Waals surface area contributed by atoms with Crippen molar-refractivity contribution in [1.82, 2.24) is 4.31 Å². The lowest BCUT2D eigenvalue weighted by Crippen LogP contribution is -2.48. The lowest BCUT2D eigenvalue weighted by molar-refractivity contribution is -0.110. The van der Waals surface area contributed by atoms with E-state index in [2.05, 4.69) is 10.5 Å². The lowest BCUT2D eigenvalue weighted by atomic mass is 10.0. The predicted octanol–water partition coefficient (Wildman–Crippen LogP) is 2.94. The Kier molecular flexibility index (Phi) is 6.08. The van der Waals surface area contributed by atoms with E-state index in [0.29, 0.717) is 30.9 Å². The molecular weight excluding hydrogens is 418 g/mol. The Morgan fingerprint density at radius 3 is 2.32 bits per heavy atom. The number of morpholine rings is 1. The third-order valence-electron chi connectivity index (χ3n) is 5.24. The molecule has 0 aromatic heterocycles. The summed E-state index contributed by atoms with van der Waals surface area (Å²) < 4.78 is 32.9. The van der Waals surface area contributed by atoms with Crippen molar-refractivity contribution >= 4 is 27.3 Å². The molecule has 2 aliphatic heterocycles. The highest BCUT2D eigenvalue weighted by molar-refractivity contribution is 7.89. The van der Waals surface area contributed by atoms with E-state index in [1.807, 2.05) is 44.2 Å². The summed E-state index contributed by atoms with van der Waals surface area (Å²) in [5.74, 6) is -0.370. The molecule has 1 saturated heterocycles. The van der Waals surface area contributed by atoms with Crippen molar-refractivity contribution in [2.75, 3.05) is 18.4 Å². The number of nitrogens with one attached hydrogen (secondary N) is 1.